The number of hydrogen-bond donors (Lipinski definition) is 2. The fourth-order valence-electron chi connectivity index (χ4n) is 4.16. The van der Waals surface area contributed by atoms with Crippen LogP contribution in [-0.4, -0.2) is 17.9 Å². The van der Waals surface area contributed by atoms with Crippen molar-refractivity contribution >= 4 is 17.7 Å². The van der Waals surface area contributed by atoms with Crippen LogP contribution in [-0.2, 0) is 4.79 Å². The first-order chi connectivity index (χ1) is 13.0. The van der Waals surface area contributed by atoms with Gasteiger partial charge in [0, 0.05) is 0 Å². The number of nitrogens with one attached hydrogen (secondary N) is 2. The van der Waals surface area contributed by atoms with E-state index in [0.29, 0.717) is 5.92 Å². The van der Waals surface area contributed by atoms with E-state index in [1.165, 1.54) is 16.9 Å². The van der Waals surface area contributed by atoms with Crippen LogP contribution in [0.3, 0.4) is 0 Å². The molecule has 1 fully saturated rings. The molecule has 1 amide bonds. The summed E-state index contributed by atoms with van der Waals surface area (Å²) in [6, 6.07) is 8.11. The highest BCUT2D eigenvalue weighted by molar-refractivity contribution is 8.04. The summed E-state index contributed by atoms with van der Waals surface area (Å²) in [6.45, 7) is 7.45. The summed E-state index contributed by atoms with van der Waals surface area (Å²) in [7, 11) is 0. The highest BCUT2D eigenvalue weighted by Gasteiger charge is 2.45. The molecule has 1 aliphatic carbocycles. The molecule has 2 aliphatic heterocycles. The van der Waals surface area contributed by atoms with Crippen LogP contribution in [0.4, 0.5) is 0 Å². The molecule has 1 saturated heterocycles. The minimum absolute atomic E-state index is 0.00684. The number of rotatable bonds is 5. The average molecular weight is 387 g/mol. The molecule has 0 spiro atoms. The zero-order valence-electron chi connectivity index (χ0n) is 16.5. The van der Waals surface area contributed by atoms with Gasteiger partial charge in [0.05, 0.1) is 17.9 Å². The molecule has 0 aromatic heterocycles. The zero-order valence-corrected chi connectivity index (χ0v) is 17.3. The largest absolute Gasteiger partial charge is 0.494 e. The molecular weight excluding hydrogens is 356 g/mol. The molecule has 4 nitrogen and oxygen atoms in total. The maximum atomic E-state index is 12.8. The van der Waals surface area contributed by atoms with Crippen molar-refractivity contribution in [3.8, 4) is 5.75 Å². The first kappa shape index (κ1) is 18.9. The average Bonchev–Trinajstić information content (AvgIpc) is 2.99. The third-order valence-electron chi connectivity index (χ3n) is 5.82. The molecule has 1 aromatic rings. The van der Waals surface area contributed by atoms with E-state index in [2.05, 4.69) is 43.5 Å². The Balaban J connectivity index is 1.40. The lowest BCUT2D eigenvalue weighted by Crippen LogP contribution is -2.54. The van der Waals surface area contributed by atoms with Gasteiger partial charge in [-0.2, -0.15) is 0 Å². The van der Waals surface area contributed by atoms with E-state index < -0.39 is 0 Å². The first-order valence-corrected chi connectivity index (χ1v) is 11.1. The topological polar surface area (TPSA) is 50.4 Å². The molecule has 2 heterocycles. The summed E-state index contributed by atoms with van der Waals surface area (Å²) in [5.74, 6) is 2.45. The summed E-state index contributed by atoms with van der Waals surface area (Å²) in [5, 5.41) is 7.01. The maximum Gasteiger partial charge on any atom is 0.231 e. The van der Waals surface area contributed by atoms with E-state index >= 15 is 0 Å². The summed E-state index contributed by atoms with van der Waals surface area (Å²) in [4.78, 5) is 14.3. The Kier molecular flexibility index (Phi) is 5.51. The smallest absolute Gasteiger partial charge is 0.231 e. The van der Waals surface area contributed by atoms with Gasteiger partial charge in [0.1, 0.15) is 11.9 Å². The summed E-state index contributed by atoms with van der Waals surface area (Å²) in [5.41, 5.74) is 2.47. The maximum absolute atomic E-state index is 12.8. The Morgan fingerprint density at radius 2 is 2.04 bits per heavy atom. The third-order valence-corrected chi connectivity index (χ3v) is 7.20. The van der Waals surface area contributed by atoms with Gasteiger partial charge in [-0.15, -0.1) is 11.8 Å². The van der Waals surface area contributed by atoms with E-state index in [9.17, 15) is 4.79 Å². The van der Waals surface area contributed by atoms with Crippen molar-refractivity contribution in [2.75, 3.05) is 6.61 Å². The van der Waals surface area contributed by atoms with E-state index in [1.807, 2.05) is 23.9 Å². The Labute approximate surface area is 166 Å². The van der Waals surface area contributed by atoms with Crippen molar-refractivity contribution in [3.63, 3.8) is 0 Å². The number of fused-ring (bicyclic) bond motifs is 2. The number of ether oxygens (including phenoxy) is 1. The summed E-state index contributed by atoms with van der Waals surface area (Å²) >= 11 is 1.88. The number of carbonyl (C=O) groups excluding carboxylic acids is 1. The number of benzene rings is 1. The monoisotopic (exact) mass is 386 g/mol. The van der Waals surface area contributed by atoms with E-state index in [1.54, 1.807) is 0 Å². The Bertz CT molecular complexity index is 728. The summed E-state index contributed by atoms with van der Waals surface area (Å²) in [6.07, 6.45) is 4.34. The normalized spacial score (nSPS) is 30.1. The number of carbonyl (C=O) groups is 1. The van der Waals surface area contributed by atoms with E-state index in [4.69, 9.17) is 4.74 Å². The fraction of sp³-hybridized carbons (Fsp3) is 0.591. The minimum atomic E-state index is -0.130. The standard InChI is InChI=1S/C22H30N2O2S/c1-13(2)10-11-26-16-7-5-15(6-8-16)20-23-21(25)19-17-9-4-14(3)12-18(17)27-22(19)24-20/h5-8,13-14,19-20,22,24H,4,9-12H2,1-3H3,(H,23,25). The van der Waals surface area contributed by atoms with Crippen molar-refractivity contribution < 1.29 is 9.53 Å². The molecule has 0 radical (unpaired) electrons. The summed E-state index contributed by atoms with van der Waals surface area (Å²) < 4.78 is 5.81. The van der Waals surface area contributed by atoms with Gasteiger partial charge in [-0.3, -0.25) is 10.1 Å². The molecule has 146 valence electrons. The predicted octanol–water partition coefficient (Wildman–Crippen LogP) is 4.59. The Morgan fingerprint density at radius 1 is 1.26 bits per heavy atom. The second-order valence-corrected chi connectivity index (χ2v) is 9.76. The van der Waals surface area contributed by atoms with Gasteiger partial charge in [-0.1, -0.05) is 32.9 Å². The third kappa shape index (κ3) is 4.04. The Morgan fingerprint density at radius 3 is 2.78 bits per heavy atom. The fourth-order valence-corrected chi connectivity index (χ4v) is 5.86. The minimum Gasteiger partial charge on any atom is -0.494 e. The highest BCUT2D eigenvalue weighted by atomic mass is 32.2. The van der Waals surface area contributed by atoms with Crippen LogP contribution < -0.4 is 15.4 Å². The van der Waals surface area contributed by atoms with Gasteiger partial charge < -0.3 is 10.1 Å². The van der Waals surface area contributed by atoms with Gasteiger partial charge in [0.25, 0.3) is 0 Å². The van der Waals surface area contributed by atoms with Gasteiger partial charge >= 0.3 is 0 Å². The number of thioether (sulfide) groups is 1. The van der Waals surface area contributed by atoms with Crippen LogP contribution in [0.1, 0.15) is 58.2 Å². The van der Waals surface area contributed by atoms with Gasteiger partial charge in [0.2, 0.25) is 5.91 Å². The number of hydrogen-bond acceptors (Lipinski definition) is 4. The SMILES string of the molecule is CC(C)CCOc1ccc(C2NC(=O)C3C4=C(CC(C)CC4)SC3N2)cc1. The first-order valence-electron chi connectivity index (χ1n) is 10.2. The molecule has 2 N–H and O–H groups in total. The zero-order chi connectivity index (χ0) is 19.0. The molecule has 0 bridgehead atoms. The van der Waals surface area contributed by atoms with Crippen molar-refractivity contribution in [2.24, 2.45) is 17.8 Å². The molecule has 0 saturated carbocycles. The van der Waals surface area contributed by atoms with Crippen LogP contribution in [0, 0.1) is 17.8 Å². The quantitative estimate of drug-likeness (QED) is 0.777. The molecule has 4 unspecified atom stereocenters. The van der Waals surface area contributed by atoms with Crippen molar-refractivity contribution in [3.05, 3.63) is 40.3 Å². The van der Waals surface area contributed by atoms with Crippen LogP contribution in [0.15, 0.2) is 34.7 Å². The molecule has 1 aromatic carbocycles. The number of allylic oxidation sites excluding steroid dienone is 1. The second kappa shape index (κ2) is 7.88. The van der Waals surface area contributed by atoms with Crippen LogP contribution in [0.5, 0.6) is 5.75 Å². The lowest BCUT2D eigenvalue weighted by atomic mass is 9.83. The lowest BCUT2D eigenvalue weighted by molar-refractivity contribution is -0.127. The molecular formula is C22H30N2O2S. The number of amides is 1. The van der Waals surface area contributed by atoms with Crippen LogP contribution in [0.25, 0.3) is 0 Å². The van der Waals surface area contributed by atoms with Gasteiger partial charge in [0.15, 0.2) is 0 Å². The lowest BCUT2D eigenvalue weighted by Gasteiger charge is -2.34. The molecule has 4 atom stereocenters. The van der Waals surface area contributed by atoms with Crippen LogP contribution >= 0.6 is 11.8 Å². The van der Waals surface area contributed by atoms with Crippen molar-refractivity contribution in [2.45, 2.75) is 58.0 Å². The highest BCUT2D eigenvalue weighted by Crippen LogP contribution is 2.50. The second-order valence-electron chi connectivity index (χ2n) is 8.52. The molecule has 27 heavy (non-hydrogen) atoms. The van der Waals surface area contributed by atoms with Gasteiger partial charge in [-0.25, -0.2) is 0 Å². The van der Waals surface area contributed by atoms with E-state index in [-0.39, 0.29) is 23.4 Å². The van der Waals surface area contributed by atoms with Crippen LogP contribution in [0.2, 0.25) is 0 Å². The Hall–Kier alpha value is -1.46. The van der Waals surface area contributed by atoms with E-state index in [0.717, 1.165) is 43.1 Å². The predicted molar refractivity (Wildman–Crippen MR) is 110 cm³/mol. The van der Waals surface area contributed by atoms with Crippen molar-refractivity contribution in [1.82, 2.24) is 10.6 Å². The van der Waals surface area contributed by atoms with Gasteiger partial charge in [-0.05, 0) is 65.7 Å². The molecule has 3 aliphatic rings. The molecule has 4 rings (SSSR count). The molecule has 5 heteroatoms. The van der Waals surface area contributed by atoms with Crippen molar-refractivity contribution in [1.29, 1.82) is 0 Å².